The summed E-state index contributed by atoms with van der Waals surface area (Å²) in [5.74, 6) is 0.464. The molecule has 0 saturated carbocycles. The van der Waals surface area contributed by atoms with E-state index in [9.17, 15) is 9.59 Å². The highest BCUT2D eigenvalue weighted by atomic mass is 35.5. The van der Waals surface area contributed by atoms with Crippen molar-refractivity contribution in [2.24, 2.45) is 5.92 Å². The fourth-order valence-corrected chi connectivity index (χ4v) is 4.75. The van der Waals surface area contributed by atoms with Crippen molar-refractivity contribution in [2.75, 3.05) is 11.1 Å². The number of carbonyl (C=O) groups is 2. The van der Waals surface area contributed by atoms with Gasteiger partial charge in [0, 0.05) is 17.8 Å². The maximum absolute atomic E-state index is 12.9. The number of amides is 2. The molecule has 0 radical (unpaired) electrons. The predicted molar refractivity (Wildman–Crippen MR) is 142 cm³/mol. The molecule has 35 heavy (non-hydrogen) atoms. The molecule has 0 bridgehead atoms. The summed E-state index contributed by atoms with van der Waals surface area (Å²) in [6.45, 7) is 10.5. The molecule has 0 spiro atoms. The number of benzene rings is 2. The molecule has 1 atom stereocenters. The molecule has 0 fully saturated rings. The summed E-state index contributed by atoms with van der Waals surface area (Å²) in [5.41, 5.74) is 3.27. The van der Waals surface area contributed by atoms with E-state index < -0.39 is 0 Å². The second-order valence-corrected chi connectivity index (χ2v) is 10.3. The van der Waals surface area contributed by atoms with Crippen molar-refractivity contribution < 1.29 is 9.59 Å². The summed E-state index contributed by atoms with van der Waals surface area (Å²) >= 11 is 13.4. The van der Waals surface area contributed by atoms with Crippen LogP contribution in [0.15, 0.2) is 41.6 Å². The average molecular weight is 535 g/mol. The van der Waals surface area contributed by atoms with Crippen molar-refractivity contribution in [2.45, 2.75) is 52.4 Å². The molecule has 10 heteroatoms. The van der Waals surface area contributed by atoms with Crippen molar-refractivity contribution in [3.8, 4) is 0 Å². The van der Waals surface area contributed by atoms with Gasteiger partial charge in [-0.05, 0) is 56.0 Å². The zero-order chi connectivity index (χ0) is 25.7. The van der Waals surface area contributed by atoms with Gasteiger partial charge in [0.25, 0.3) is 5.91 Å². The number of carbonyl (C=O) groups excluding carboxylic acids is 2. The molecule has 0 aliphatic heterocycles. The zero-order valence-corrected chi connectivity index (χ0v) is 22.7. The molecule has 0 aliphatic rings. The van der Waals surface area contributed by atoms with Gasteiger partial charge in [0.1, 0.15) is 0 Å². The van der Waals surface area contributed by atoms with E-state index in [4.69, 9.17) is 23.2 Å². The van der Waals surface area contributed by atoms with E-state index in [1.807, 2.05) is 57.4 Å². The highest BCUT2D eigenvalue weighted by Gasteiger charge is 2.26. The van der Waals surface area contributed by atoms with Crippen molar-refractivity contribution in [1.29, 1.82) is 0 Å². The molecule has 2 amide bonds. The minimum atomic E-state index is -0.387. The normalized spacial score (nSPS) is 12.0. The molecule has 0 unspecified atom stereocenters. The van der Waals surface area contributed by atoms with Crippen molar-refractivity contribution in [3.63, 3.8) is 0 Å². The molecule has 1 heterocycles. The largest absolute Gasteiger partial charge is 0.342 e. The summed E-state index contributed by atoms with van der Waals surface area (Å²) < 4.78 is 1.93. The van der Waals surface area contributed by atoms with Gasteiger partial charge < -0.3 is 15.2 Å². The molecule has 3 rings (SSSR count). The van der Waals surface area contributed by atoms with Gasteiger partial charge in [0.15, 0.2) is 11.0 Å². The number of rotatable bonds is 9. The maximum atomic E-state index is 12.9. The number of aryl methyl sites for hydroxylation is 2. The Kier molecular flexibility index (Phi) is 9.21. The Morgan fingerprint density at radius 1 is 1.06 bits per heavy atom. The van der Waals surface area contributed by atoms with E-state index >= 15 is 0 Å². The molecule has 7 nitrogen and oxygen atoms in total. The van der Waals surface area contributed by atoms with Gasteiger partial charge in [-0.25, -0.2) is 0 Å². The van der Waals surface area contributed by atoms with Crippen LogP contribution in [0.4, 0.5) is 5.69 Å². The van der Waals surface area contributed by atoms with Crippen LogP contribution in [0.1, 0.15) is 54.1 Å². The molecule has 0 aliphatic carbocycles. The molecule has 186 valence electrons. The van der Waals surface area contributed by atoms with Crippen LogP contribution in [0, 0.1) is 19.8 Å². The van der Waals surface area contributed by atoms with E-state index in [0.717, 1.165) is 16.8 Å². The van der Waals surface area contributed by atoms with Crippen LogP contribution in [0.2, 0.25) is 10.0 Å². The summed E-state index contributed by atoms with van der Waals surface area (Å²) in [6.07, 6.45) is 0. The van der Waals surface area contributed by atoms with Gasteiger partial charge in [-0.15, -0.1) is 10.2 Å². The lowest BCUT2D eigenvalue weighted by molar-refractivity contribution is -0.113. The first-order chi connectivity index (χ1) is 16.6. The first-order valence-corrected chi connectivity index (χ1v) is 13.0. The minimum absolute atomic E-state index is 0.0430. The predicted octanol–water partition coefficient (Wildman–Crippen LogP) is 6.08. The number of para-hydroxylation sites is 1. The zero-order valence-electron chi connectivity index (χ0n) is 20.4. The van der Waals surface area contributed by atoms with Crippen molar-refractivity contribution >= 4 is 52.5 Å². The van der Waals surface area contributed by atoms with Gasteiger partial charge in [-0.2, -0.15) is 0 Å². The SMILES string of the molecule is CCn1c(SCC(=O)Nc2c(C)cccc2C)nnc1[C@H](NC(=O)c1ccc(Cl)c(Cl)c1)C(C)C. The second kappa shape index (κ2) is 11.9. The Bertz CT molecular complexity index is 1210. The van der Waals surface area contributed by atoms with Gasteiger partial charge in [-0.3, -0.25) is 9.59 Å². The van der Waals surface area contributed by atoms with Crippen LogP contribution in [0.25, 0.3) is 0 Å². The lowest BCUT2D eigenvalue weighted by Gasteiger charge is -2.22. The van der Waals surface area contributed by atoms with Crippen LogP contribution in [-0.4, -0.2) is 32.3 Å². The van der Waals surface area contributed by atoms with Gasteiger partial charge in [-0.1, -0.05) is 67.0 Å². The second-order valence-electron chi connectivity index (χ2n) is 8.51. The van der Waals surface area contributed by atoms with Gasteiger partial charge in [0.2, 0.25) is 5.91 Å². The van der Waals surface area contributed by atoms with E-state index in [2.05, 4.69) is 20.8 Å². The van der Waals surface area contributed by atoms with E-state index in [0.29, 0.717) is 33.1 Å². The van der Waals surface area contributed by atoms with Crippen LogP contribution < -0.4 is 10.6 Å². The minimum Gasteiger partial charge on any atom is -0.342 e. The highest BCUT2D eigenvalue weighted by Crippen LogP contribution is 2.27. The van der Waals surface area contributed by atoms with Gasteiger partial charge in [0.05, 0.1) is 21.8 Å². The maximum Gasteiger partial charge on any atom is 0.251 e. The van der Waals surface area contributed by atoms with E-state index in [1.165, 1.54) is 17.8 Å². The third kappa shape index (κ3) is 6.57. The first-order valence-electron chi connectivity index (χ1n) is 11.3. The molecular weight excluding hydrogens is 505 g/mol. The summed E-state index contributed by atoms with van der Waals surface area (Å²) in [5, 5.41) is 16.0. The van der Waals surface area contributed by atoms with Crippen molar-refractivity contribution in [3.05, 3.63) is 69.0 Å². The lowest BCUT2D eigenvalue weighted by Crippen LogP contribution is -2.33. The Morgan fingerprint density at radius 3 is 2.34 bits per heavy atom. The number of hydrogen-bond acceptors (Lipinski definition) is 5. The fourth-order valence-electron chi connectivity index (χ4n) is 3.64. The number of anilines is 1. The molecule has 2 aromatic carbocycles. The Balaban J connectivity index is 1.74. The Labute approximate surface area is 220 Å². The first kappa shape index (κ1) is 27.0. The van der Waals surface area contributed by atoms with E-state index in [-0.39, 0.29) is 29.5 Å². The molecular formula is C25H29Cl2N5O2S. The number of nitrogens with zero attached hydrogens (tertiary/aromatic N) is 3. The topological polar surface area (TPSA) is 88.9 Å². The third-order valence-corrected chi connectivity index (χ3v) is 7.26. The van der Waals surface area contributed by atoms with Gasteiger partial charge >= 0.3 is 0 Å². The number of thioether (sulfide) groups is 1. The third-order valence-electron chi connectivity index (χ3n) is 5.55. The smallest absolute Gasteiger partial charge is 0.251 e. The number of halogens is 2. The molecule has 2 N–H and O–H groups in total. The number of hydrogen-bond donors (Lipinski definition) is 2. The Hall–Kier alpha value is -2.55. The molecule has 3 aromatic rings. The summed E-state index contributed by atoms with van der Waals surface area (Å²) in [7, 11) is 0. The monoisotopic (exact) mass is 533 g/mol. The lowest BCUT2D eigenvalue weighted by atomic mass is 10.0. The number of aromatic nitrogens is 3. The van der Waals surface area contributed by atoms with Crippen molar-refractivity contribution in [1.82, 2.24) is 20.1 Å². The average Bonchev–Trinajstić information content (AvgIpc) is 3.22. The Morgan fingerprint density at radius 2 is 1.74 bits per heavy atom. The molecule has 0 saturated heterocycles. The van der Waals surface area contributed by atoms with Crippen LogP contribution in [0.3, 0.4) is 0 Å². The summed E-state index contributed by atoms with van der Waals surface area (Å²) in [6, 6.07) is 10.3. The quantitative estimate of drug-likeness (QED) is 0.325. The fraction of sp³-hybridized carbons (Fsp3) is 0.360. The standard InChI is InChI=1S/C25H29Cl2N5O2S/c1-6-32-23(21(14(2)3)29-24(34)17-10-11-18(26)19(27)12-17)30-31-25(32)35-13-20(33)28-22-15(4)8-7-9-16(22)5/h7-12,14,21H,6,13H2,1-5H3,(H,28,33)(H,29,34)/t21-/m1/s1. The van der Waals surface area contributed by atoms with Crippen LogP contribution in [-0.2, 0) is 11.3 Å². The molecule has 1 aromatic heterocycles. The van der Waals surface area contributed by atoms with Crippen LogP contribution >= 0.6 is 35.0 Å². The highest BCUT2D eigenvalue weighted by molar-refractivity contribution is 7.99. The van der Waals surface area contributed by atoms with E-state index in [1.54, 1.807) is 12.1 Å². The number of nitrogens with one attached hydrogen (secondary N) is 2. The van der Waals surface area contributed by atoms with Crippen LogP contribution in [0.5, 0.6) is 0 Å². The summed E-state index contributed by atoms with van der Waals surface area (Å²) in [4.78, 5) is 25.5.